The van der Waals surface area contributed by atoms with Crippen molar-refractivity contribution in [3.05, 3.63) is 0 Å². The lowest BCUT2D eigenvalue weighted by atomic mass is 9.43. The van der Waals surface area contributed by atoms with E-state index in [0.29, 0.717) is 23.4 Å². The molecule has 3 aliphatic carbocycles. The Kier molecular flexibility index (Phi) is 3.26. The third-order valence-corrected chi connectivity index (χ3v) is 6.40. The fraction of sp³-hybridized carbons (Fsp3) is 1.00. The van der Waals surface area contributed by atoms with Gasteiger partial charge in [0.05, 0.1) is 11.7 Å². The average molecular weight is 286 g/mol. The smallest absolute Gasteiger partial charge is 0.404 e. The summed E-state index contributed by atoms with van der Waals surface area (Å²) >= 11 is 0. The molecule has 0 aromatic rings. The van der Waals surface area contributed by atoms with E-state index in [1.54, 1.807) is 0 Å². The first-order chi connectivity index (χ1) is 8.52. The molecule has 19 heavy (non-hydrogen) atoms. The van der Waals surface area contributed by atoms with Crippen molar-refractivity contribution >= 4 is 19.5 Å². The Balaban J connectivity index is 0.00000110. The van der Waals surface area contributed by atoms with Crippen LogP contribution in [0.1, 0.15) is 46.5 Å². The van der Waals surface area contributed by atoms with Gasteiger partial charge in [0.25, 0.3) is 0 Å². The number of nitrogens with one attached hydrogen (secondary N) is 1. The van der Waals surface area contributed by atoms with Gasteiger partial charge in [0.1, 0.15) is 0 Å². The van der Waals surface area contributed by atoms with Gasteiger partial charge in [-0.2, -0.15) is 0 Å². The zero-order valence-corrected chi connectivity index (χ0v) is 13.0. The number of hydrogen-bond donors (Lipinski definition) is 1. The Hall–Kier alpha value is 0.235. The van der Waals surface area contributed by atoms with Crippen molar-refractivity contribution in [3.8, 4) is 0 Å². The van der Waals surface area contributed by atoms with Crippen LogP contribution < -0.4 is 5.32 Å². The highest BCUT2D eigenvalue weighted by molar-refractivity contribution is 6.47. The van der Waals surface area contributed by atoms with Crippen molar-refractivity contribution in [3.63, 3.8) is 0 Å². The number of rotatable bonds is 1. The SMILES string of the molecule is CC1(C)C2CC3OB(C4CCCN4)OC3(C)C1C2.Cl. The zero-order chi connectivity index (χ0) is 12.5. The summed E-state index contributed by atoms with van der Waals surface area (Å²) in [6, 6.07) is 0. The van der Waals surface area contributed by atoms with Gasteiger partial charge in [0.2, 0.25) is 0 Å². The highest BCUT2D eigenvalue weighted by Crippen LogP contribution is 2.65. The number of hydrogen-bond acceptors (Lipinski definition) is 3. The average Bonchev–Trinajstić information content (AvgIpc) is 2.92. The molecule has 0 aromatic carbocycles. The first-order valence-electron chi connectivity index (χ1n) is 7.58. The summed E-state index contributed by atoms with van der Waals surface area (Å²) in [5, 5.41) is 3.52. The molecule has 1 N–H and O–H groups in total. The summed E-state index contributed by atoms with van der Waals surface area (Å²) in [4.78, 5) is 0. The molecule has 5 rings (SSSR count). The van der Waals surface area contributed by atoms with Crippen LogP contribution in [0, 0.1) is 17.3 Å². The van der Waals surface area contributed by atoms with Gasteiger partial charge >= 0.3 is 7.12 Å². The Morgan fingerprint density at radius 2 is 2.00 bits per heavy atom. The monoisotopic (exact) mass is 285 g/mol. The summed E-state index contributed by atoms with van der Waals surface area (Å²) in [6.07, 6.45) is 5.33. The van der Waals surface area contributed by atoms with E-state index in [1.807, 2.05) is 0 Å². The molecular weight excluding hydrogens is 260 g/mol. The van der Waals surface area contributed by atoms with E-state index in [0.717, 1.165) is 12.5 Å². The first kappa shape index (κ1) is 14.2. The predicted molar refractivity (Wildman–Crippen MR) is 78.4 cm³/mol. The maximum atomic E-state index is 6.44. The standard InChI is InChI=1S/C14H24BNO2.ClH/c1-13(2)9-7-10(13)14(3)11(8-9)17-15(18-14)12-5-4-6-16-12;/h9-12,16H,4-8H2,1-3H3;1H. The highest BCUT2D eigenvalue weighted by Gasteiger charge is 2.68. The summed E-state index contributed by atoms with van der Waals surface area (Å²) in [6.45, 7) is 8.25. The van der Waals surface area contributed by atoms with Crippen LogP contribution in [0.3, 0.4) is 0 Å². The third-order valence-electron chi connectivity index (χ3n) is 6.40. The highest BCUT2D eigenvalue weighted by atomic mass is 35.5. The van der Waals surface area contributed by atoms with Crippen molar-refractivity contribution in [1.29, 1.82) is 0 Å². The molecule has 0 spiro atoms. The predicted octanol–water partition coefficient (Wildman–Crippen LogP) is 2.43. The van der Waals surface area contributed by atoms with Crippen molar-refractivity contribution in [2.45, 2.75) is 64.1 Å². The van der Waals surface area contributed by atoms with E-state index >= 15 is 0 Å². The maximum Gasteiger partial charge on any atom is 0.475 e. The van der Waals surface area contributed by atoms with Crippen LogP contribution in [0.2, 0.25) is 0 Å². The largest absolute Gasteiger partial charge is 0.475 e. The summed E-state index contributed by atoms with van der Waals surface area (Å²) in [7, 11) is -0.00218. The topological polar surface area (TPSA) is 30.5 Å². The maximum absolute atomic E-state index is 6.44. The molecule has 2 bridgehead atoms. The van der Waals surface area contributed by atoms with Gasteiger partial charge in [-0.25, -0.2) is 0 Å². The molecule has 2 saturated heterocycles. The minimum absolute atomic E-state index is 0. The van der Waals surface area contributed by atoms with Gasteiger partial charge in [-0.05, 0) is 56.4 Å². The van der Waals surface area contributed by atoms with Crippen molar-refractivity contribution in [1.82, 2.24) is 5.32 Å². The van der Waals surface area contributed by atoms with Crippen molar-refractivity contribution < 1.29 is 9.31 Å². The van der Waals surface area contributed by atoms with E-state index in [1.165, 1.54) is 25.7 Å². The zero-order valence-electron chi connectivity index (χ0n) is 12.1. The molecule has 0 radical (unpaired) electrons. The molecular formula is C14H25BClNO2. The quantitative estimate of drug-likeness (QED) is 0.751. The second-order valence-electron chi connectivity index (χ2n) is 7.54. The summed E-state index contributed by atoms with van der Waals surface area (Å²) < 4.78 is 12.7. The first-order valence-corrected chi connectivity index (χ1v) is 7.58. The van der Waals surface area contributed by atoms with E-state index in [4.69, 9.17) is 9.31 Å². The minimum Gasteiger partial charge on any atom is -0.404 e. The van der Waals surface area contributed by atoms with Gasteiger partial charge in [-0.15, -0.1) is 12.4 Å². The second-order valence-corrected chi connectivity index (χ2v) is 7.54. The Morgan fingerprint density at radius 3 is 2.63 bits per heavy atom. The summed E-state index contributed by atoms with van der Waals surface area (Å²) in [5.74, 6) is 1.95. The Bertz CT molecular complexity index is 374. The molecule has 2 heterocycles. The molecule has 108 valence electrons. The van der Waals surface area contributed by atoms with Gasteiger partial charge in [-0.3, -0.25) is 0 Å². The Labute approximate surface area is 122 Å². The molecule has 5 aliphatic rings. The van der Waals surface area contributed by atoms with Gasteiger partial charge < -0.3 is 14.6 Å². The summed E-state index contributed by atoms with van der Waals surface area (Å²) in [5.41, 5.74) is 0.416. The fourth-order valence-corrected chi connectivity index (χ4v) is 5.01. The van der Waals surface area contributed by atoms with Crippen LogP contribution in [-0.2, 0) is 9.31 Å². The van der Waals surface area contributed by atoms with Crippen LogP contribution in [-0.4, -0.2) is 31.3 Å². The molecule has 0 amide bonds. The second kappa shape index (κ2) is 4.36. The molecule has 5 heteroatoms. The minimum atomic E-state index is -0.0345. The molecule has 2 aliphatic heterocycles. The Morgan fingerprint density at radius 1 is 1.21 bits per heavy atom. The fourth-order valence-electron chi connectivity index (χ4n) is 5.01. The van der Waals surface area contributed by atoms with E-state index in [-0.39, 0.29) is 25.1 Å². The lowest BCUT2D eigenvalue weighted by Gasteiger charge is -2.64. The van der Waals surface area contributed by atoms with E-state index < -0.39 is 0 Å². The van der Waals surface area contributed by atoms with Gasteiger partial charge in [-0.1, -0.05) is 13.8 Å². The molecule has 3 saturated carbocycles. The molecule has 5 atom stereocenters. The van der Waals surface area contributed by atoms with Crippen LogP contribution >= 0.6 is 12.4 Å². The van der Waals surface area contributed by atoms with Crippen molar-refractivity contribution in [2.24, 2.45) is 17.3 Å². The van der Waals surface area contributed by atoms with E-state index in [2.05, 4.69) is 26.1 Å². The molecule has 5 fully saturated rings. The van der Waals surface area contributed by atoms with Gasteiger partial charge in [0, 0.05) is 5.94 Å². The van der Waals surface area contributed by atoms with Crippen LogP contribution in [0.5, 0.6) is 0 Å². The van der Waals surface area contributed by atoms with Crippen LogP contribution in [0.4, 0.5) is 0 Å². The normalized spacial score (nSPS) is 50.4. The molecule has 0 aromatic heterocycles. The van der Waals surface area contributed by atoms with E-state index in [9.17, 15) is 0 Å². The van der Waals surface area contributed by atoms with Gasteiger partial charge in [0.15, 0.2) is 0 Å². The lowest BCUT2D eigenvalue weighted by molar-refractivity contribution is -0.199. The van der Waals surface area contributed by atoms with Crippen LogP contribution in [0.15, 0.2) is 0 Å². The number of halogens is 1. The lowest BCUT2D eigenvalue weighted by Crippen LogP contribution is -2.65. The van der Waals surface area contributed by atoms with Crippen molar-refractivity contribution in [2.75, 3.05) is 6.54 Å². The van der Waals surface area contributed by atoms with Crippen LogP contribution in [0.25, 0.3) is 0 Å². The molecule has 3 nitrogen and oxygen atoms in total. The third kappa shape index (κ3) is 1.76. The molecule has 5 unspecified atom stereocenters.